The second-order valence-electron chi connectivity index (χ2n) is 6.26. The van der Waals surface area contributed by atoms with E-state index < -0.39 is 15.8 Å². The first-order valence-electron chi connectivity index (χ1n) is 8.03. The van der Waals surface area contributed by atoms with Crippen LogP contribution in [0.3, 0.4) is 0 Å². The molecule has 2 saturated heterocycles. The van der Waals surface area contributed by atoms with Gasteiger partial charge in [0.25, 0.3) is 0 Å². The fourth-order valence-corrected chi connectivity index (χ4v) is 5.04. The van der Waals surface area contributed by atoms with Gasteiger partial charge >= 0.3 is 0 Å². The zero-order valence-corrected chi connectivity index (χ0v) is 14.1. The summed E-state index contributed by atoms with van der Waals surface area (Å²) in [5, 5.41) is 0. The second-order valence-corrected chi connectivity index (χ2v) is 8.20. The van der Waals surface area contributed by atoms with Crippen molar-refractivity contribution in [3.05, 3.63) is 30.1 Å². The third kappa shape index (κ3) is 3.42. The molecule has 0 saturated carbocycles. The molecule has 2 atom stereocenters. The minimum absolute atomic E-state index is 0.166. The van der Waals surface area contributed by atoms with E-state index in [-0.39, 0.29) is 10.9 Å². The predicted molar refractivity (Wildman–Crippen MR) is 85.2 cm³/mol. The Morgan fingerprint density at radius 2 is 1.91 bits per heavy atom. The van der Waals surface area contributed by atoms with Gasteiger partial charge in [0.2, 0.25) is 10.0 Å². The van der Waals surface area contributed by atoms with Crippen LogP contribution in [-0.2, 0) is 14.8 Å². The largest absolute Gasteiger partial charge is 0.383 e. The van der Waals surface area contributed by atoms with Crippen LogP contribution >= 0.6 is 0 Å². The fourth-order valence-electron chi connectivity index (χ4n) is 3.53. The van der Waals surface area contributed by atoms with Crippen LogP contribution in [0.15, 0.2) is 29.2 Å². The number of benzene rings is 1. The Balaban J connectivity index is 1.75. The molecule has 0 N–H and O–H groups in total. The molecule has 3 rings (SSSR count). The van der Waals surface area contributed by atoms with E-state index in [0.717, 1.165) is 25.8 Å². The number of hydrogen-bond acceptors (Lipinski definition) is 4. The van der Waals surface area contributed by atoms with E-state index in [4.69, 9.17) is 4.74 Å². The third-order valence-electron chi connectivity index (χ3n) is 4.78. The van der Waals surface area contributed by atoms with Crippen LogP contribution < -0.4 is 0 Å². The third-order valence-corrected chi connectivity index (χ3v) is 6.66. The van der Waals surface area contributed by atoms with Gasteiger partial charge in [-0.25, -0.2) is 12.8 Å². The number of halogens is 1. The topological polar surface area (TPSA) is 49.9 Å². The average molecular weight is 342 g/mol. The number of sulfonamides is 1. The van der Waals surface area contributed by atoms with Crippen LogP contribution in [0.2, 0.25) is 0 Å². The number of nitrogens with zero attached hydrogens (tertiary/aromatic N) is 2. The standard InChI is InChI=1S/C16H23FN2O3S/c1-22-12-15-10-14-11-18(8-2-3-9-19(14)15)23(20,21)16-6-4-13(17)5-7-16/h4-7,14-15H,2-3,8-12H2,1H3/t14-,15+/m1/s1. The molecule has 0 aromatic heterocycles. The summed E-state index contributed by atoms with van der Waals surface area (Å²) in [5.74, 6) is -0.427. The molecule has 0 amide bonds. The van der Waals surface area contributed by atoms with Crippen molar-refractivity contribution in [2.45, 2.75) is 36.2 Å². The molecule has 0 radical (unpaired) electrons. The molecular weight excluding hydrogens is 319 g/mol. The minimum Gasteiger partial charge on any atom is -0.383 e. The highest BCUT2D eigenvalue weighted by molar-refractivity contribution is 7.89. The van der Waals surface area contributed by atoms with Crippen LogP contribution in [0.5, 0.6) is 0 Å². The molecule has 23 heavy (non-hydrogen) atoms. The van der Waals surface area contributed by atoms with E-state index in [1.54, 1.807) is 11.4 Å². The number of methoxy groups -OCH3 is 1. The normalized spacial score (nSPS) is 26.9. The lowest BCUT2D eigenvalue weighted by Gasteiger charge is -2.51. The van der Waals surface area contributed by atoms with Crippen molar-refractivity contribution in [3.63, 3.8) is 0 Å². The van der Waals surface area contributed by atoms with Crippen molar-refractivity contribution >= 4 is 10.0 Å². The molecule has 128 valence electrons. The van der Waals surface area contributed by atoms with Gasteiger partial charge in [-0.15, -0.1) is 0 Å². The van der Waals surface area contributed by atoms with Crippen LogP contribution in [0.25, 0.3) is 0 Å². The number of fused-ring (bicyclic) bond motifs is 1. The minimum atomic E-state index is -3.56. The summed E-state index contributed by atoms with van der Waals surface area (Å²) in [4.78, 5) is 2.52. The van der Waals surface area contributed by atoms with Crippen LogP contribution in [0.1, 0.15) is 19.3 Å². The SMILES string of the molecule is COC[C@@H]1C[C@@H]2CN(S(=O)(=O)c3ccc(F)cc3)CCCCN12. The molecule has 0 unspecified atom stereocenters. The maximum absolute atomic E-state index is 13.0. The Morgan fingerprint density at radius 1 is 1.22 bits per heavy atom. The van der Waals surface area contributed by atoms with Gasteiger partial charge in [-0.2, -0.15) is 4.31 Å². The highest BCUT2D eigenvalue weighted by Gasteiger charge is 2.41. The Labute approximate surface area is 137 Å². The van der Waals surface area contributed by atoms with E-state index in [2.05, 4.69) is 4.90 Å². The first kappa shape index (κ1) is 16.8. The van der Waals surface area contributed by atoms with Crippen molar-refractivity contribution in [1.29, 1.82) is 0 Å². The molecule has 2 aliphatic rings. The lowest BCUT2D eigenvalue weighted by atomic mass is 9.91. The van der Waals surface area contributed by atoms with Crippen LogP contribution in [-0.4, -0.2) is 63.1 Å². The molecule has 1 aromatic carbocycles. The summed E-state index contributed by atoms with van der Waals surface area (Å²) in [5.41, 5.74) is 0. The lowest BCUT2D eigenvalue weighted by Crippen LogP contribution is -2.62. The first-order chi connectivity index (χ1) is 11.0. The predicted octanol–water partition coefficient (Wildman–Crippen LogP) is 1.70. The van der Waals surface area contributed by atoms with E-state index >= 15 is 0 Å². The van der Waals surface area contributed by atoms with Crippen molar-refractivity contribution in [2.24, 2.45) is 0 Å². The Bertz CT molecular complexity index is 635. The maximum atomic E-state index is 13.0. The van der Waals surface area contributed by atoms with Crippen molar-refractivity contribution < 1.29 is 17.5 Å². The summed E-state index contributed by atoms with van der Waals surface area (Å²) < 4.78 is 45.4. The fraction of sp³-hybridized carbons (Fsp3) is 0.625. The van der Waals surface area contributed by atoms with Gasteiger partial charge in [-0.3, -0.25) is 4.90 Å². The molecule has 0 bridgehead atoms. The Morgan fingerprint density at radius 3 is 2.61 bits per heavy atom. The van der Waals surface area contributed by atoms with Crippen molar-refractivity contribution in [2.75, 3.05) is 33.4 Å². The number of rotatable bonds is 4. The van der Waals surface area contributed by atoms with E-state index in [0.29, 0.717) is 25.7 Å². The number of ether oxygens (including phenoxy) is 1. The molecular formula is C16H23FN2O3S. The van der Waals surface area contributed by atoms with Gasteiger partial charge in [0.15, 0.2) is 0 Å². The van der Waals surface area contributed by atoms with Gasteiger partial charge < -0.3 is 4.74 Å². The molecule has 7 heteroatoms. The molecule has 2 fully saturated rings. The summed E-state index contributed by atoms with van der Waals surface area (Å²) in [7, 11) is -1.86. The molecule has 2 heterocycles. The van der Waals surface area contributed by atoms with Crippen LogP contribution in [0.4, 0.5) is 4.39 Å². The summed E-state index contributed by atoms with van der Waals surface area (Å²) >= 11 is 0. The van der Waals surface area contributed by atoms with Gasteiger partial charge in [0, 0.05) is 32.3 Å². The molecule has 2 aliphatic heterocycles. The zero-order chi connectivity index (χ0) is 16.4. The van der Waals surface area contributed by atoms with Gasteiger partial charge in [0.1, 0.15) is 5.82 Å². The quantitative estimate of drug-likeness (QED) is 0.836. The molecule has 0 spiro atoms. The van der Waals surface area contributed by atoms with Crippen molar-refractivity contribution in [3.8, 4) is 0 Å². The highest BCUT2D eigenvalue weighted by atomic mass is 32.2. The monoisotopic (exact) mass is 342 g/mol. The summed E-state index contributed by atoms with van der Waals surface area (Å²) in [6.45, 7) is 2.73. The van der Waals surface area contributed by atoms with Gasteiger partial charge in [0.05, 0.1) is 11.5 Å². The van der Waals surface area contributed by atoms with Crippen molar-refractivity contribution in [1.82, 2.24) is 9.21 Å². The number of hydrogen-bond donors (Lipinski definition) is 0. The summed E-state index contributed by atoms with van der Waals surface area (Å²) in [6, 6.07) is 5.73. The lowest BCUT2D eigenvalue weighted by molar-refractivity contribution is -0.0402. The Hall–Kier alpha value is -1.02. The molecule has 0 aliphatic carbocycles. The zero-order valence-electron chi connectivity index (χ0n) is 13.3. The summed E-state index contributed by atoms with van der Waals surface area (Å²) in [6.07, 6.45) is 2.78. The van der Waals surface area contributed by atoms with Gasteiger partial charge in [-0.05, 0) is 50.1 Å². The molecule has 5 nitrogen and oxygen atoms in total. The maximum Gasteiger partial charge on any atom is 0.243 e. The average Bonchev–Trinajstić information content (AvgIpc) is 2.49. The second kappa shape index (κ2) is 6.84. The highest BCUT2D eigenvalue weighted by Crippen LogP contribution is 2.30. The van der Waals surface area contributed by atoms with Crippen LogP contribution in [0, 0.1) is 5.82 Å². The smallest absolute Gasteiger partial charge is 0.243 e. The van der Waals surface area contributed by atoms with E-state index in [1.807, 2.05) is 0 Å². The van der Waals surface area contributed by atoms with E-state index in [1.165, 1.54) is 24.3 Å². The molecule has 1 aromatic rings. The van der Waals surface area contributed by atoms with Gasteiger partial charge in [-0.1, -0.05) is 0 Å². The Kier molecular flexibility index (Phi) is 5.01. The van der Waals surface area contributed by atoms with E-state index in [9.17, 15) is 12.8 Å². The first-order valence-corrected chi connectivity index (χ1v) is 9.47.